The highest BCUT2D eigenvalue weighted by atomic mass is 79.9. The molecule has 0 bridgehead atoms. The lowest BCUT2D eigenvalue weighted by Gasteiger charge is -2.15. The predicted octanol–water partition coefficient (Wildman–Crippen LogP) is 6.51. The van der Waals surface area contributed by atoms with Crippen LogP contribution >= 0.6 is 27.7 Å². The summed E-state index contributed by atoms with van der Waals surface area (Å²) in [5.41, 5.74) is 3.32. The molecule has 0 atom stereocenters. The molecule has 9 nitrogen and oxygen atoms in total. The molecule has 0 aliphatic rings. The zero-order chi connectivity index (χ0) is 28.5. The van der Waals surface area contributed by atoms with Crippen LogP contribution in [0.15, 0.2) is 70.3 Å². The minimum absolute atomic E-state index is 0.111. The number of hydrogen-bond acceptors (Lipinski definition) is 9. The van der Waals surface area contributed by atoms with Crippen LogP contribution in [0.1, 0.15) is 13.8 Å². The largest absolute Gasteiger partial charge is 0.493 e. The molecule has 4 aromatic rings. The van der Waals surface area contributed by atoms with Gasteiger partial charge in [-0.05, 0) is 74.5 Å². The first kappa shape index (κ1) is 29.2. The van der Waals surface area contributed by atoms with Gasteiger partial charge >= 0.3 is 0 Å². The number of rotatable bonds is 12. The molecule has 1 aromatic heterocycles. The summed E-state index contributed by atoms with van der Waals surface area (Å²) >= 11 is 4.59. The number of thioether (sulfide) groups is 1. The van der Waals surface area contributed by atoms with E-state index in [1.165, 1.54) is 11.8 Å². The van der Waals surface area contributed by atoms with Gasteiger partial charge in [-0.1, -0.05) is 27.7 Å². The zero-order valence-corrected chi connectivity index (χ0v) is 25.0. The highest BCUT2D eigenvalue weighted by Crippen LogP contribution is 2.38. The number of amides is 1. The Morgan fingerprint density at radius 1 is 0.800 bits per heavy atom. The summed E-state index contributed by atoms with van der Waals surface area (Å²) in [5.74, 6) is 2.32. The number of ether oxygens (including phenoxy) is 4. The van der Waals surface area contributed by atoms with E-state index in [-0.39, 0.29) is 11.7 Å². The number of hydrogen-bond donors (Lipinski definition) is 1. The van der Waals surface area contributed by atoms with Gasteiger partial charge in [0, 0.05) is 21.3 Å². The average Bonchev–Trinajstić information content (AvgIpc) is 2.97. The van der Waals surface area contributed by atoms with Crippen molar-refractivity contribution >= 4 is 39.3 Å². The van der Waals surface area contributed by atoms with Crippen molar-refractivity contribution in [1.29, 1.82) is 0 Å². The van der Waals surface area contributed by atoms with E-state index in [0.717, 1.165) is 15.6 Å². The van der Waals surface area contributed by atoms with E-state index < -0.39 is 0 Å². The molecule has 0 saturated carbocycles. The van der Waals surface area contributed by atoms with Gasteiger partial charge in [0.1, 0.15) is 11.4 Å². The van der Waals surface area contributed by atoms with Crippen molar-refractivity contribution in [1.82, 2.24) is 15.2 Å². The van der Waals surface area contributed by atoms with Crippen LogP contribution in [0.2, 0.25) is 0 Å². The monoisotopic (exact) mass is 624 g/mol. The number of nitrogens with zero attached hydrogens (tertiary/aromatic N) is 3. The minimum Gasteiger partial charge on any atom is -0.493 e. The Labute approximate surface area is 245 Å². The van der Waals surface area contributed by atoms with Crippen LogP contribution in [-0.4, -0.2) is 54.3 Å². The summed E-state index contributed by atoms with van der Waals surface area (Å²) in [4.78, 5) is 17.4. The van der Waals surface area contributed by atoms with Crippen molar-refractivity contribution in [3.63, 3.8) is 0 Å². The van der Waals surface area contributed by atoms with Crippen molar-refractivity contribution in [2.75, 3.05) is 38.5 Å². The average molecular weight is 626 g/mol. The lowest BCUT2D eigenvalue weighted by Crippen LogP contribution is -2.14. The fourth-order valence-electron chi connectivity index (χ4n) is 3.81. The summed E-state index contributed by atoms with van der Waals surface area (Å²) in [6, 6.07) is 18.5. The highest BCUT2D eigenvalue weighted by Gasteiger charge is 2.19. The quantitative estimate of drug-likeness (QED) is 0.176. The van der Waals surface area contributed by atoms with Crippen molar-refractivity contribution in [3.05, 3.63) is 65.1 Å². The molecule has 1 amide bonds. The number of aromatic nitrogens is 3. The van der Waals surface area contributed by atoms with E-state index in [1.54, 1.807) is 14.2 Å². The van der Waals surface area contributed by atoms with Crippen LogP contribution in [0, 0.1) is 0 Å². The van der Waals surface area contributed by atoms with E-state index in [2.05, 4.69) is 31.4 Å². The second-order valence-electron chi connectivity index (χ2n) is 8.23. The SMILES string of the molecule is CCOc1cc(-c2nnc(SCC(=O)Nc3ccc(Br)cc3)nc2-c2ccc(OC)c(OCC)c2)ccc1OC. The molecule has 208 valence electrons. The molecule has 3 aromatic carbocycles. The van der Waals surface area contributed by atoms with E-state index in [4.69, 9.17) is 23.9 Å². The molecule has 0 aliphatic carbocycles. The number of nitrogens with one attached hydrogen (secondary N) is 1. The predicted molar refractivity (Wildman–Crippen MR) is 160 cm³/mol. The maximum Gasteiger partial charge on any atom is 0.234 e. The summed E-state index contributed by atoms with van der Waals surface area (Å²) in [5, 5.41) is 12.1. The van der Waals surface area contributed by atoms with E-state index >= 15 is 0 Å². The molecule has 11 heteroatoms. The molecule has 4 rings (SSSR count). The molecule has 0 saturated heterocycles. The normalized spacial score (nSPS) is 10.6. The molecule has 0 fully saturated rings. The Hall–Kier alpha value is -3.83. The Morgan fingerprint density at radius 2 is 1.38 bits per heavy atom. The van der Waals surface area contributed by atoms with Gasteiger partial charge in [-0.25, -0.2) is 4.98 Å². The van der Waals surface area contributed by atoms with Crippen molar-refractivity contribution in [2.24, 2.45) is 0 Å². The zero-order valence-electron chi connectivity index (χ0n) is 22.6. The van der Waals surface area contributed by atoms with Gasteiger partial charge in [-0.3, -0.25) is 4.79 Å². The number of benzene rings is 3. The second kappa shape index (κ2) is 14.0. The summed E-state index contributed by atoms with van der Waals surface area (Å²) in [7, 11) is 3.19. The molecule has 0 spiro atoms. The molecular weight excluding hydrogens is 596 g/mol. The van der Waals surface area contributed by atoms with Crippen molar-refractivity contribution < 1.29 is 23.7 Å². The second-order valence-corrected chi connectivity index (χ2v) is 10.1. The van der Waals surface area contributed by atoms with Gasteiger partial charge in [-0.15, -0.1) is 10.2 Å². The molecule has 40 heavy (non-hydrogen) atoms. The van der Waals surface area contributed by atoms with Gasteiger partial charge in [0.15, 0.2) is 23.0 Å². The molecule has 1 heterocycles. The van der Waals surface area contributed by atoms with E-state index in [9.17, 15) is 4.79 Å². The summed E-state index contributed by atoms with van der Waals surface area (Å²) < 4.78 is 23.4. The van der Waals surface area contributed by atoms with E-state index in [1.807, 2.05) is 74.5 Å². The minimum atomic E-state index is -0.180. The molecule has 0 radical (unpaired) electrons. The highest BCUT2D eigenvalue weighted by molar-refractivity contribution is 9.10. The first-order valence-electron chi connectivity index (χ1n) is 12.5. The first-order chi connectivity index (χ1) is 19.4. The third kappa shape index (κ3) is 7.22. The van der Waals surface area contributed by atoms with Crippen LogP contribution in [0.5, 0.6) is 23.0 Å². The van der Waals surface area contributed by atoms with Crippen LogP contribution in [0.4, 0.5) is 5.69 Å². The van der Waals surface area contributed by atoms with Gasteiger partial charge in [0.2, 0.25) is 11.1 Å². The summed E-state index contributed by atoms with van der Waals surface area (Å²) in [6.07, 6.45) is 0. The number of carbonyl (C=O) groups is 1. The molecule has 0 unspecified atom stereocenters. The van der Waals surface area contributed by atoms with Crippen LogP contribution in [0.25, 0.3) is 22.5 Å². The van der Waals surface area contributed by atoms with Crippen molar-refractivity contribution in [2.45, 2.75) is 19.0 Å². The topological polar surface area (TPSA) is 105 Å². The van der Waals surface area contributed by atoms with Crippen LogP contribution < -0.4 is 24.3 Å². The van der Waals surface area contributed by atoms with Crippen LogP contribution in [-0.2, 0) is 4.79 Å². The number of anilines is 1. The third-order valence-corrected chi connectivity index (χ3v) is 6.97. The lowest BCUT2D eigenvalue weighted by atomic mass is 10.0. The molecular formula is C29H29BrN4O5S. The Morgan fingerprint density at radius 3 is 1.93 bits per heavy atom. The lowest BCUT2D eigenvalue weighted by molar-refractivity contribution is -0.113. The maximum absolute atomic E-state index is 12.6. The fraction of sp³-hybridized carbons (Fsp3) is 0.241. The van der Waals surface area contributed by atoms with Gasteiger partial charge in [0.25, 0.3) is 0 Å². The Bertz CT molecular complexity index is 1470. The van der Waals surface area contributed by atoms with Gasteiger partial charge in [0.05, 0.1) is 33.2 Å². The number of halogens is 1. The van der Waals surface area contributed by atoms with E-state index in [0.29, 0.717) is 58.4 Å². The maximum atomic E-state index is 12.6. The summed E-state index contributed by atoms with van der Waals surface area (Å²) in [6.45, 7) is 4.76. The first-order valence-corrected chi connectivity index (χ1v) is 14.3. The molecule has 0 aliphatic heterocycles. The molecule has 1 N–H and O–H groups in total. The Kier molecular flexibility index (Phi) is 10.2. The number of carbonyl (C=O) groups excluding carboxylic acids is 1. The van der Waals surface area contributed by atoms with Crippen molar-refractivity contribution in [3.8, 4) is 45.5 Å². The number of methoxy groups -OCH3 is 2. The van der Waals surface area contributed by atoms with Gasteiger partial charge < -0.3 is 24.3 Å². The van der Waals surface area contributed by atoms with Gasteiger partial charge in [-0.2, -0.15) is 0 Å². The van der Waals surface area contributed by atoms with Crippen LogP contribution in [0.3, 0.4) is 0 Å². The fourth-order valence-corrected chi connectivity index (χ4v) is 4.66. The standard InChI is InChI=1S/C29H29BrN4O5S/c1-5-38-24-15-18(7-13-22(24)36-3)27-28(19-8-14-23(37-4)25(16-19)39-6-2)33-34-29(32-27)40-17-26(35)31-21-11-9-20(30)10-12-21/h7-16H,5-6,17H2,1-4H3,(H,31,35). The third-order valence-electron chi connectivity index (χ3n) is 5.60. The smallest absolute Gasteiger partial charge is 0.234 e. The Balaban J connectivity index is 1.69.